The van der Waals surface area contributed by atoms with Gasteiger partial charge in [-0.05, 0) is 6.92 Å². The second-order valence-electron chi connectivity index (χ2n) is 5.88. The van der Waals surface area contributed by atoms with E-state index in [0.29, 0.717) is 11.7 Å². The molecule has 1 N–H and O–H groups in total. The average Bonchev–Trinajstić information content (AvgIpc) is 2.95. The van der Waals surface area contributed by atoms with E-state index in [1.165, 1.54) is 11.3 Å². The lowest BCUT2D eigenvalue weighted by molar-refractivity contribution is -0.116. The molecule has 0 aliphatic heterocycles. The van der Waals surface area contributed by atoms with Crippen molar-refractivity contribution < 1.29 is 4.79 Å². The van der Waals surface area contributed by atoms with Crippen molar-refractivity contribution in [2.75, 3.05) is 5.32 Å². The van der Waals surface area contributed by atoms with Crippen LogP contribution < -0.4 is 10.2 Å². The highest BCUT2D eigenvalue weighted by atomic mass is 32.1. The molecule has 7 heteroatoms. The van der Waals surface area contributed by atoms with Gasteiger partial charge in [0, 0.05) is 34.8 Å². The van der Waals surface area contributed by atoms with Gasteiger partial charge in [0.1, 0.15) is 0 Å². The van der Waals surface area contributed by atoms with E-state index < -0.39 is 0 Å². The van der Waals surface area contributed by atoms with Gasteiger partial charge in [0.25, 0.3) is 0 Å². The van der Waals surface area contributed by atoms with Crippen LogP contribution in [0.15, 0.2) is 15.6 Å². The molecular weight excluding hydrogens is 306 g/mol. The minimum absolute atomic E-state index is 0.0235. The maximum absolute atomic E-state index is 11.9. The number of aryl methyl sites for hydroxylation is 1. The van der Waals surface area contributed by atoms with Crippen molar-refractivity contribution in [3.8, 4) is 0 Å². The van der Waals surface area contributed by atoms with E-state index in [1.54, 1.807) is 9.95 Å². The standard InChI is InChI=1S/C14H19N3O2S2/c1-9-7-21-13(19)17(9)6-5-11(18)16-12-15-10(8-20-12)14(2,3)4/h7-8H,5-6H2,1-4H3,(H,15,16,18). The van der Waals surface area contributed by atoms with Crippen LogP contribution >= 0.6 is 22.7 Å². The molecule has 0 saturated heterocycles. The molecule has 0 spiro atoms. The van der Waals surface area contributed by atoms with E-state index in [0.717, 1.165) is 22.7 Å². The fourth-order valence-corrected chi connectivity index (χ4v) is 3.46. The quantitative estimate of drug-likeness (QED) is 0.940. The SMILES string of the molecule is Cc1csc(=O)n1CCC(=O)Nc1nc(C(C)(C)C)cs1. The molecule has 0 fully saturated rings. The first-order valence-corrected chi connectivity index (χ1v) is 8.44. The van der Waals surface area contributed by atoms with E-state index in [2.05, 4.69) is 31.1 Å². The first kappa shape index (κ1) is 15.9. The summed E-state index contributed by atoms with van der Waals surface area (Å²) >= 11 is 2.58. The van der Waals surface area contributed by atoms with Gasteiger partial charge >= 0.3 is 4.87 Å². The number of hydrogen-bond acceptors (Lipinski definition) is 5. The number of hydrogen-bond donors (Lipinski definition) is 1. The van der Waals surface area contributed by atoms with Gasteiger partial charge in [-0.3, -0.25) is 9.59 Å². The first-order chi connectivity index (χ1) is 9.77. The second kappa shape index (κ2) is 6.11. The molecule has 114 valence electrons. The topological polar surface area (TPSA) is 64.0 Å². The molecule has 2 rings (SSSR count). The minimum Gasteiger partial charge on any atom is -0.303 e. The lowest BCUT2D eigenvalue weighted by atomic mass is 9.93. The fraction of sp³-hybridized carbons (Fsp3) is 0.500. The second-order valence-corrected chi connectivity index (χ2v) is 7.56. The van der Waals surface area contributed by atoms with Crippen LogP contribution in [0.1, 0.15) is 38.6 Å². The zero-order valence-electron chi connectivity index (χ0n) is 12.6. The van der Waals surface area contributed by atoms with Crippen molar-refractivity contribution in [3.05, 3.63) is 31.8 Å². The summed E-state index contributed by atoms with van der Waals surface area (Å²) < 4.78 is 1.62. The molecule has 0 radical (unpaired) electrons. The Morgan fingerprint density at radius 2 is 2.05 bits per heavy atom. The number of nitrogens with one attached hydrogen (secondary N) is 1. The third-order valence-electron chi connectivity index (χ3n) is 3.06. The number of thiazole rings is 2. The number of rotatable bonds is 4. The van der Waals surface area contributed by atoms with Gasteiger partial charge in [0.15, 0.2) is 5.13 Å². The number of anilines is 1. The molecule has 0 aliphatic carbocycles. The minimum atomic E-state index is -0.123. The van der Waals surface area contributed by atoms with Crippen molar-refractivity contribution in [1.82, 2.24) is 9.55 Å². The van der Waals surface area contributed by atoms with Gasteiger partial charge in [0.05, 0.1) is 5.69 Å². The van der Waals surface area contributed by atoms with Crippen molar-refractivity contribution in [2.24, 2.45) is 0 Å². The molecule has 2 aromatic heterocycles. The molecule has 0 saturated carbocycles. The van der Waals surface area contributed by atoms with Crippen LogP contribution in [0.5, 0.6) is 0 Å². The highest BCUT2D eigenvalue weighted by molar-refractivity contribution is 7.14. The average molecular weight is 325 g/mol. The van der Waals surface area contributed by atoms with Gasteiger partial charge in [-0.15, -0.1) is 11.3 Å². The molecule has 2 heterocycles. The Bertz CT molecular complexity index is 692. The number of nitrogens with zero attached hydrogens (tertiary/aromatic N) is 2. The summed E-state index contributed by atoms with van der Waals surface area (Å²) in [6, 6.07) is 0. The molecule has 21 heavy (non-hydrogen) atoms. The smallest absolute Gasteiger partial charge is 0.303 e. The Labute approximate surface area is 131 Å². The first-order valence-electron chi connectivity index (χ1n) is 6.68. The Balaban J connectivity index is 1.93. The predicted octanol–water partition coefficient (Wildman–Crippen LogP) is 3.00. The van der Waals surface area contributed by atoms with Crippen LogP contribution in [0, 0.1) is 6.92 Å². The summed E-state index contributed by atoms with van der Waals surface area (Å²) in [6.45, 7) is 8.52. The Morgan fingerprint density at radius 1 is 1.33 bits per heavy atom. The van der Waals surface area contributed by atoms with Crippen LogP contribution in [0.2, 0.25) is 0 Å². The molecule has 1 amide bonds. The van der Waals surface area contributed by atoms with Crippen molar-refractivity contribution in [3.63, 3.8) is 0 Å². The van der Waals surface area contributed by atoms with Gasteiger partial charge in [-0.25, -0.2) is 4.98 Å². The summed E-state index contributed by atoms with van der Waals surface area (Å²) in [4.78, 5) is 27.9. The lowest BCUT2D eigenvalue weighted by Gasteiger charge is -2.14. The highest BCUT2D eigenvalue weighted by Crippen LogP contribution is 2.26. The summed E-state index contributed by atoms with van der Waals surface area (Å²) in [5, 5.41) is 7.17. The molecule has 2 aromatic rings. The van der Waals surface area contributed by atoms with E-state index >= 15 is 0 Å². The maximum atomic E-state index is 11.9. The van der Waals surface area contributed by atoms with Gasteiger partial charge < -0.3 is 9.88 Å². The molecule has 0 bridgehead atoms. The fourth-order valence-electron chi connectivity index (χ4n) is 1.75. The van der Waals surface area contributed by atoms with Crippen molar-refractivity contribution in [2.45, 2.75) is 46.1 Å². The third-order valence-corrected chi connectivity index (χ3v) is 4.70. The van der Waals surface area contributed by atoms with E-state index in [4.69, 9.17) is 0 Å². The molecule has 5 nitrogen and oxygen atoms in total. The van der Waals surface area contributed by atoms with Crippen LogP contribution in [-0.4, -0.2) is 15.5 Å². The predicted molar refractivity (Wildman–Crippen MR) is 87.4 cm³/mol. The summed E-state index contributed by atoms with van der Waals surface area (Å²) in [5.41, 5.74) is 1.83. The van der Waals surface area contributed by atoms with Gasteiger partial charge in [-0.1, -0.05) is 32.1 Å². The Morgan fingerprint density at radius 3 is 2.57 bits per heavy atom. The number of carbonyl (C=O) groups excluding carboxylic acids is 1. The number of carbonyl (C=O) groups is 1. The van der Waals surface area contributed by atoms with Crippen LogP contribution in [0.4, 0.5) is 5.13 Å². The molecule has 0 aliphatic rings. The number of amides is 1. The van der Waals surface area contributed by atoms with E-state index in [9.17, 15) is 9.59 Å². The maximum Gasteiger partial charge on any atom is 0.307 e. The lowest BCUT2D eigenvalue weighted by Crippen LogP contribution is -2.20. The third kappa shape index (κ3) is 4.01. The Kier molecular flexibility index (Phi) is 4.63. The van der Waals surface area contributed by atoms with Crippen molar-refractivity contribution in [1.29, 1.82) is 0 Å². The molecule has 0 atom stereocenters. The molecular formula is C14H19N3O2S2. The molecule has 0 unspecified atom stereocenters. The summed E-state index contributed by atoms with van der Waals surface area (Å²) in [5.74, 6) is -0.123. The van der Waals surface area contributed by atoms with Crippen LogP contribution in [0.25, 0.3) is 0 Å². The van der Waals surface area contributed by atoms with Crippen LogP contribution in [-0.2, 0) is 16.8 Å². The summed E-state index contributed by atoms with van der Waals surface area (Å²) in [7, 11) is 0. The number of aromatic nitrogens is 2. The monoisotopic (exact) mass is 325 g/mol. The zero-order valence-corrected chi connectivity index (χ0v) is 14.2. The zero-order chi connectivity index (χ0) is 15.6. The van der Waals surface area contributed by atoms with Gasteiger partial charge in [0.2, 0.25) is 5.91 Å². The van der Waals surface area contributed by atoms with Crippen molar-refractivity contribution >= 4 is 33.7 Å². The molecule has 0 aromatic carbocycles. The largest absolute Gasteiger partial charge is 0.307 e. The van der Waals surface area contributed by atoms with E-state index in [1.807, 2.05) is 12.3 Å². The van der Waals surface area contributed by atoms with Gasteiger partial charge in [-0.2, -0.15) is 0 Å². The van der Waals surface area contributed by atoms with Crippen LogP contribution in [0.3, 0.4) is 0 Å². The Hall–Kier alpha value is -1.47. The highest BCUT2D eigenvalue weighted by Gasteiger charge is 2.18. The van der Waals surface area contributed by atoms with E-state index in [-0.39, 0.29) is 22.6 Å². The normalized spacial score (nSPS) is 11.6. The summed E-state index contributed by atoms with van der Waals surface area (Å²) in [6.07, 6.45) is 0.266.